The number of hydrogen-bond donors (Lipinski definition) is 3. The molecule has 3 N–H and O–H groups in total. The highest BCUT2D eigenvalue weighted by molar-refractivity contribution is 7.92. The Labute approximate surface area is 252 Å². The van der Waals surface area contributed by atoms with Crippen molar-refractivity contribution in [2.75, 3.05) is 10.8 Å². The van der Waals surface area contributed by atoms with E-state index >= 15 is 0 Å². The van der Waals surface area contributed by atoms with Crippen molar-refractivity contribution in [3.63, 3.8) is 0 Å². The summed E-state index contributed by atoms with van der Waals surface area (Å²) < 4.78 is 119. The molecule has 3 aromatic rings. The smallest absolute Gasteiger partial charge is 0.416 e. The summed E-state index contributed by atoms with van der Waals surface area (Å²) >= 11 is 0. The number of sulfonamides is 1. The first-order valence-corrected chi connectivity index (χ1v) is 14.8. The molecule has 242 valence electrons. The summed E-state index contributed by atoms with van der Waals surface area (Å²) in [5.41, 5.74) is -3.08. The molecule has 1 fully saturated rings. The van der Waals surface area contributed by atoms with Gasteiger partial charge in [-0.3, -0.25) is 9.10 Å². The fourth-order valence-corrected chi connectivity index (χ4v) is 7.25. The maximum atomic E-state index is 14.3. The van der Waals surface area contributed by atoms with Gasteiger partial charge < -0.3 is 24.8 Å². The molecule has 0 radical (unpaired) electrons. The lowest BCUT2D eigenvalue weighted by Crippen LogP contribution is -2.47. The maximum Gasteiger partial charge on any atom is 0.416 e. The van der Waals surface area contributed by atoms with E-state index in [1.807, 2.05) is 0 Å². The molecule has 9 nitrogen and oxygen atoms in total. The molecule has 2 aliphatic rings. The highest BCUT2D eigenvalue weighted by Gasteiger charge is 2.52. The summed E-state index contributed by atoms with van der Waals surface area (Å²) in [5.74, 6) is -2.98. The Morgan fingerprint density at radius 2 is 1.71 bits per heavy atom. The summed E-state index contributed by atoms with van der Waals surface area (Å²) in [6.45, 7) is -3.86. The van der Waals surface area contributed by atoms with Gasteiger partial charge >= 0.3 is 18.8 Å². The van der Waals surface area contributed by atoms with Crippen LogP contribution in [-0.4, -0.2) is 61.2 Å². The van der Waals surface area contributed by atoms with Crippen molar-refractivity contribution in [1.82, 2.24) is 0 Å². The van der Waals surface area contributed by atoms with Crippen LogP contribution < -0.4 is 13.8 Å². The Hall–Kier alpha value is -4.02. The first kappa shape index (κ1) is 32.4. The van der Waals surface area contributed by atoms with E-state index in [0.29, 0.717) is 18.2 Å². The molecule has 1 heterocycles. The number of fused-ring (bicyclic) bond motifs is 1. The zero-order chi connectivity index (χ0) is 32.9. The van der Waals surface area contributed by atoms with Crippen LogP contribution in [0.4, 0.5) is 32.0 Å². The van der Waals surface area contributed by atoms with Crippen LogP contribution in [-0.2, 0) is 21.0 Å². The molecular weight excluding hydrogens is 636 g/mol. The normalized spacial score (nSPS) is 23.5. The van der Waals surface area contributed by atoms with Crippen LogP contribution in [0.1, 0.15) is 24.8 Å². The highest BCUT2D eigenvalue weighted by Crippen LogP contribution is 2.47. The van der Waals surface area contributed by atoms with Crippen LogP contribution in [0.2, 0.25) is 0 Å². The molecule has 1 saturated carbocycles. The maximum absolute atomic E-state index is 14.3. The van der Waals surface area contributed by atoms with E-state index in [1.165, 1.54) is 18.2 Å². The molecule has 0 unspecified atom stereocenters. The number of benzene rings is 3. The zero-order valence-electron chi connectivity index (χ0n) is 22.9. The average molecular weight is 662 g/mol. The van der Waals surface area contributed by atoms with E-state index in [2.05, 4.69) is 4.74 Å². The van der Waals surface area contributed by atoms with Crippen molar-refractivity contribution >= 4 is 21.7 Å². The third-order valence-electron chi connectivity index (χ3n) is 7.79. The number of alkyl halides is 5. The molecule has 5 rings (SSSR count). The Morgan fingerprint density at radius 1 is 1.02 bits per heavy atom. The Kier molecular flexibility index (Phi) is 8.44. The second-order valence-corrected chi connectivity index (χ2v) is 12.7. The summed E-state index contributed by atoms with van der Waals surface area (Å²) in [7, 11) is -4.81. The highest BCUT2D eigenvalue weighted by atomic mass is 32.2. The fraction of sp³-hybridized carbons (Fsp3) is 0.345. The largest absolute Gasteiger partial charge is 0.486 e. The van der Waals surface area contributed by atoms with Gasteiger partial charge in [-0.15, -0.1) is 0 Å². The van der Waals surface area contributed by atoms with Crippen molar-refractivity contribution in [1.29, 1.82) is 0 Å². The number of carbonyl (C=O) groups is 1. The molecule has 0 bridgehead atoms. The minimum Gasteiger partial charge on any atom is -0.486 e. The second-order valence-electron chi connectivity index (χ2n) is 10.9. The third kappa shape index (κ3) is 6.53. The van der Waals surface area contributed by atoms with Crippen molar-refractivity contribution in [3.8, 4) is 22.6 Å². The minimum atomic E-state index is -4.88. The lowest BCUT2D eigenvalue weighted by molar-refractivity contribution is -0.151. The van der Waals surface area contributed by atoms with E-state index in [-0.39, 0.29) is 41.8 Å². The first-order valence-electron chi connectivity index (χ1n) is 13.3. The summed E-state index contributed by atoms with van der Waals surface area (Å²) in [6.07, 6.45) is -9.93. The van der Waals surface area contributed by atoms with E-state index in [4.69, 9.17) is 4.74 Å². The van der Waals surface area contributed by atoms with Gasteiger partial charge in [-0.1, -0.05) is 12.1 Å². The van der Waals surface area contributed by atoms with Crippen molar-refractivity contribution in [2.24, 2.45) is 5.41 Å². The molecule has 0 spiro atoms. The quantitative estimate of drug-likeness (QED) is 0.286. The van der Waals surface area contributed by atoms with Gasteiger partial charge in [0.1, 0.15) is 23.4 Å². The molecule has 0 amide bonds. The lowest BCUT2D eigenvalue weighted by Gasteiger charge is -2.38. The molecule has 0 saturated heterocycles. The topological polar surface area (TPSA) is 134 Å². The summed E-state index contributed by atoms with van der Waals surface area (Å²) in [5, 5.41) is 30.2. The number of aliphatic hydroxyl groups excluding tert-OH is 2. The van der Waals surface area contributed by atoms with E-state index in [0.717, 1.165) is 28.6 Å². The third-order valence-corrected chi connectivity index (χ3v) is 9.56. The number of rotatable bonds is 8. The lowest BCUT2D eigenvalue weighted by atomic mass is 9.80. The number of ether oxygens (including phenoxy) is 2. The number of hydrogen-bond acceptors (Lipinski definition) is 7. The second kappa shape index (κ2) is 11.7. The van der Waals surface area contributed by atoms with Gasteiger partial charge in [-0.2, -0.15) is 22.0 Å². The zero-order valence-corrected chi connectivity index (χ0v) is 23.7. The van der Waals surface area contributed by atoms with Gasteiger partial charge in [0.15, 0.2) is 0 Å². The fourth-order valence-electron chi connectivity index (χ4n) is 5.71. The molecule has 4 atom stereocenters. The van der Waals surface area contributed by atoms with Crippen molar-refractivity contribution < 1.29 is 64.3 Å². The van der Waals surface area contributed by atoms with Crippen molar-refractivity contribution in [2.45, 2.75) is 55.3 Å². The van der Waals surface area contributed by atoms with Crippen LogP contribution in [0.3, 0.4) is 0 Å². The van der Waals surface area contributed by atoms with Crippen molar-refractivity contribution in [3.05, 3.63) is 72.0 Å². The Bertz CT molecular complexity index is 1710. The standard InChI is InChI=1S/C29H25F6NO8S/c30-18-6-16(7-19(10-18)44-27(31)32)15-4-5-25-22(8-15)36(45(41,42)21-3-1-2-17(9-21)29(33,34)35)14-20(43-25)11-28(26(39)40)12-23(37)24(38)13-28/h1-10,20,23-24,27,37-38H,11-14H2,(H,39,40)/t20-,23-,24+,28-/m0/s1. The van der Waals surface area contributed by atoms with Crippen LogP contribution in [0.25, 0.3) is 11.1 Å². The molecule has 45 heavy (non-hydrogen) atoms. The van der Waals surface area contributed by atoms with Gasteiger partial charge in [0.2, 0.25) is 0 Å². The molecule has 0 aromatic heterocycles. The van der Waals surface area contributed by atoms with E-state index < -0.39 is 81.1 Å². The van der Waals surface area contributed by atoms with Crippen LogP contribution in [0, 0.1) is 11.2 Å². The molecule has 1 aliphatic heterocycles. The predicted molar refractivity (Wildman–Crippen MR) is 145 cm³/mol. The summed E-state index contributed by atoms with van der Waals surface area (Å²) in [4.78, 5) is 11.5. The van der Waals surface area contributed by atoms with Gasteiger partial charge in [-0.25, -0.2) is 12.8 Å². The number of anilines is 1. The van der Waals surface area contributed by atoms with Gasteiger partial charge in [-0.05, 0) is 66.4 Å². The number of aliphatic carboxylic acids is 1. The van der Waals surface area contributed by atoms with E-state index in [1.54, 1.807) is 0 Å². The van der Waals surface area contributed by atoms with Gasteiger partial charge in [0.05, 0.1) is 40.3 Å². The van der Waals surface area contributed by atoms with Crippen LogP contribution in [0.15, 0.2) is 65.6 Å². The van der Waals surface area contributed by atoms with Gasteiger partial charge in [0, 0.05) is 12.5 Å². The first-order chi connectivity index (χ1) is 21.0. The Balaban J connectivity index is 1.60. The number of halogens is 6. The molecule has 3 aromatic carbocycles. The number of carboxylic acids is 1. The Morgan fingerprint density at radius 3 is 2.33 bits per heavy atom. The SMILES string of the molecule is O=C(O)[C@]1(C[C@H]2CN(S(=O)(=O)c3cccc(C(F)(F)F)c3)c3cc(-c4cc(F)cc(OC(F)F)c4)ccc3O2)C[C@@H](O)[C@@H](O)C1. The predicted octanol–water partition coefficient (Wildman–Crippen LogP) is 5.05. The molecule has 16 heteroatoms. The van der Waals surface area contributed by atoms with E-state index in [9.17, 15) is 54.9 Å². The summed E-state index contributed by atoms with van der Waals surface area (Å²) in [6, 6.07) is 9.52. The van der Waals surface area contributed by atoms with Crippen LogP contribution in [0.5, 0.6) is 11.5 Å². The van der Waals surface area contributed by atoms with Gasteiger partial charge in [0.25, 0.3) is 10.0 Å². The monoisotopic (exact) mass is 661 g/mol. The average Bonchev–Trinajstić information content (AvgIpc) is 3.24. The molecular formula is C29H25F6NO8S. The number of carboxylic acid groups (broad SMARTS) is 1. The molecule has 1 aliphatic carbocycles. The van der Waals surface area contributed by atoms with Crippen LogP contribution >= 0.6 is 0 Å². The minimum absolute atomic E-state index is 0.00856. The number of aliphatic hydroxyl groups is 2. The number of nitrogens with zero attached hydrogens (tertiary/aromatic N) is 1.